The highest BCUT2D eigenvalue weighted by Gasteiger charge is 2.34. The van der Waals surface area contributed by atoms with Crippen LogP contribution in [0.2, 0.25) is 0 Å². The van der Waals surface area contributed by atoms with E-state index >= 15 is 0 Å². The van der Waals surface area contributed by atoms with Gasteiger partial charge in [-0.05, 0) is 60.2 Å². The van der Waals surface area contributed by atoms with Crippen LogP contribution < -0.4 is 5.32 Å². The fraction of sp³-hybridized carbons (Fsp3) is 0.174. The molecule has 1 fully saturated rings. The van der Waals surface area contributed by atoms with Crippen LogP contribution in [0.25, 0.3) is 22.3 Å². The van der Waals surface area contributed by atoms with Crippen molar-refractivity contribution in [1.82, 2.24) is 15.3 Å². The lowest BCUT2D eigenvalue weighted by Gasteiger charge is -2.21. The number of benzene rings is 1. The van der Waals surface area contributed by atoms with E-state index in [1.165, 1.54) is 30.7 Å². The summed E-state index contributed by atoms with van der Waals surface area (Å²) in [6, 6.07) is 9.57. The molecule has 3 aromatic rings. The lowest BCUT2D eigenvalue weighted by atomic mass is 9.95. The molecule has 3 heterocycles. The topological polar surface area (TPSA) is 40.7 Å². The van der Waals surface area contributed by atoms with E-state index in [0.717, 1.165) is 28.2 Å². The average molecular weight is 393 g/mol. The van der Waals surface area contributed by atoms with Crippen molar-refractivity contribution in [2.45, 2.75) is 24.9 Å². The number of rotatable bonds is 3. The molecule has 1 aliphatic heterocycles. The van der Waals surface area contributed by atoms with E-state index in [0.29, 0.717) is 17.3 Å². The summed E-state index contributed by atoms with van der Waals surface area (Å²) >= 11 is 0. The lowest BCUT2D eigenvalue weighted by molar-refractivity contribution is -0.137. The van der Waals surface area contributed by atoms with Crippen LogP contribution in [0.1, 0.15) is 41.1 Å². The molecule has 0 atom stereocenters. The molecular formula is C23H18F3N3. The zero-order chi connectivity index (χ0) is 20.2. The van der Waals surface area contributed by atoms with E-state index in [9.17, 15) is 13.2 Å². The largest absolute Gasteiger partial charge is 0.417 e. The molecule has 0 amide bonds. The summed E-state index contributed by atoms with van der Waals surface area (Å²) in [5, 5.41) is 3.96. The Balaban J connectivity index is 1.63. The predicted octanol–water partition coefficient (Wildman–Crippen LogP) is 6.00. The molecule has 1 aliphatic carbocycles. The molecule has 2 aliphatic rings. The maximum absolute atomic E-state index is 13.5. The third-order valence-electron chi connectivity index (χ3n) is 5.33. The first-order chi connectivity index (χ1) is 13.9. The first-order valence-corrected chi connectivity index (χ1v) is 9.44. The van der Waals surface area contributed by atoms with Gasteiger partial charge in [-0.15, -0.1) is 0 Å². The van der Waals surface area contributed by atoms with Crippen molar-refractivity contribution < 1.29 is 13.2 Å². The minimum Gasteiger partial charge on any atom is -0.355 e. The van der Waals surface area contributed by atoms with Crippen molar-refractivity contribution in [3.63, 3.8) is 0 Å². The maximum atomic E-state index is 13.5. The number of dihydropyridines is 1. The van der Waals surface area contributed by atoms with Crippen molar-refractivity contribution in [1.29, 1.82) is 0 Å². The van der Waals surface area contributed by atoms with Crippen molar-refractivity contribution >= 4 is 22.3 Å². The Hall–Kier alpha value is -3.28. The number of hydrogen-bond donors (Lipinski definition) is 2. The summed E-state index contributed by atoms with van der Waals surface area (Å²) in [6.45, 7) is 3.95. The Kier molecular flexibility index (Phi) is 3.91. The number of allylic oxidation sites excluding steroid dienone is 3. The summed E-state index contributed by atoms with van der Waals surface area (Å²) in [4.78, 5) is 7.79. The molecule has 0 unspecified atom stereocenters. The van der Waals surface area contributed by atoms with E-state index in [2.05, 4.69) is 27.9 Å². The molecule has 1 aromatic carbocycles. The van der Waals surface area contributed by atoms with Gasteiger partial charge in [0.05, 0.1) is 5.56 Å². The number of pyridine rings is 1. The van der Waals surface area contributed by atoms with Crippen LogP contribution in [0.4, 0.5) is 13.2 Å². The molecule has 6 heteroatoms. The summed E-state index contributed by atoms with van der Waals surface area (Å²) < 4.78 is 40.5. The van der Waals surface area contributed by atoms with Crippen LogP contribution in [0, 0.1) is 0 Å². The van der Waals surface area contributed by atoms with E-state index in [1.807, 2.05) is 12.1 Å². The molecule has 0 bridgehead atoms. The quantitative estimate of drug-likeness (QED) is 0.573. The highest BCUT2D eigenvalue weighted by atomic mass is 19.4. The van der Waals surface area contributed by atoms with Crippen LogP contribution in [0.5, 0.6) is 0 Å². The molecule has 1 saturated carbocycles. The molecule has 146 valence electrons. The van der Waals surface area contributed by atoms with Gasteiger partial charge in [0.15, 0.2) is 0 Å². The second-order valence-electron chi connectivity index (χ2n) is 7.47. The molecule has 0 saturated heterocycles. The first kappa shape index (κ1) is 17.8. The highest BCUT2D eigenvalue weighted by molar-refractivity contribution is 5.98. The number of aromatic nitrogens is 2. The van der Waals surface area contributed by atoms with Crippen LogP contribution >= 0.6 is 0 Å². The van der Waals surface area contributed by atoms with Gasteiger partial charge in [-0.3, -0.25) is 0 Å². The molecule has 0 radical (unpaired) electrons. The average Bonchev–Trinajstić information content (AvgIpc) is 3.45. The van der Waals surface area contributed by atoms with E-state index in [-0.39, 0.29) is 5.56 Å². The number of alkyl halides is 3. The number of fused-ring (bicyclic) bond motifs is 1. The van der Waals surface area contributed by atoms with Gasteiger partial charge in [0.1, 0.15) is 5.65 Å². The zero-order valence-corrected chi connectivity index (χ0v) is 15.5. The van der Waals surface area contributed by atoms with Gasteiger partial charge in [-0.1, -0.05) is 24.8 Å². The van der Waals surface area contributed by atoms with Gasteiger partial charge < -0.3 is 10.3 Å². The summed E-state index contributed by atoms with van der Waals surface area (Å²) in [5.41, 5.74) is 4.02. The van der Waals surface area contributed by atoms with Gasteiger partial charge >= 0.3 is 6.18 Å². The van der Waals surface area contributed by atoms with Crippen LogP contribution in [-0.4, -0.2) is 9.97 Å². The fourth-order valence-corrected chi connectivity index (χ4v) is 3.81. The Bertz CT molecular complexity index is 1190. The Morgan fingerprint density at radius 3 is 2.59 bits per heavy atom. The van der Waals surface area contributed by atoms with Crippen LogP contribution in [0.3, 0.4) is 0 Å². The Labute approximate surface area is 165 Å². The summed E-state index contributed by atoms with van der Waals surface area (Å²) in [5.74, 6) is 0.554. The first-order valence-electron chi connectivity index (χ1n) is 9.44. The van der Waals surface area contributed by atoms with Crippen molar-refractivity contribution in [3.8, 4) is 0 Å². The second-order valence-corrected chi connectivity index (χ2v) is 7.47. The normalized spacial score (nSPS) is 17.1. The number of nitrogens with one attached hydrogen (secondary N) is 2. The molecule has 2 N–H and O–H groups in total. The Morgan fingerprint density at radius 2 is 1.83 bits per heavy atom. The summed E-state index contributed by atoms with van der Waals surface area (Å²) in [6.07, 6.45) is 3.21. The smallest absolute Gasteiger partial charge is 0.355 e. The molecule has 5 rings (SSSR count). The lowest BCUT2D eigenvalue weighted by Crippen LogP contribution is -2.17. The van der Waals surface area contributed by atoms with Gasteiger partial charge in [-0.2, -0.15) is 13.2 Å². The molecule has 29 heavy (non-hydrogen) atoms. The molecular weight excluding hydrogens is 375 g/mol. The standard InChI is InChI=1S/C23H18F3N3/c1-13-10-15(11-21(28-13)17-4-2-3-5-19(17)23(24,25)26)16-8-9-27-22-18(16)12-20(29-22)14-6-7-14/h2-5,8-12,14,28H,1,6-7H2,(H,27,29). The number of H-pyrrole nitrogens is 1. The second kappa shape index (κ2) is 6.37. The van der Waals surface area contributed by atoms with E-state index in [1.54, 1.807) is 18.3 Å². The minimum atomic E-state index is -4.44. The number of nitrogens with zero attached hydrogens (tertiary/aromatic N) is 1. The Morgan fingerprint density at radius 1 is 1.03 bits per heavy atom. The van der Waals surface area contributed by atoms with E-state index in [4.69, 9.17) is 0 Å². The van der Waals surface area contributed by atoms with Gasteiger partial charge in [0.2, 0.25) is 0 Å². The van der Waals surface area contributed by atoms with Crippen molar-refractivity contribution in [3.05, 3.63) is 89.4 Å². The van der Waals surface area contributed by atoms with Crippen molar-refractivity contribution in [2.24, 2.45) is 0 Å². The van der Waals surface area contributed by atoms with E-state index < -0.39 is 11.7 Å². The zero-order valence-electron chi connectivity index (χ0n) is 15.5. The highest BCUT2D eigenvalue weighted by Crippen LogP contribution is 2.42. The number of aromatic amines is 1. The number of hydrogen-bond acceptors (Lipinski definition) is 2. The van der Waals surface area contributed by atoms with Crippen LogP contribution in [0.15, 0.2) is 67.0 Å². The van der Waals surface area contributed by atoms with Crippen LogP contribution in [-0.2, 0) is 6.18 Å². The van der Waals surface area contributed by atoms with Gasteiger partial charge in [0, 0.05) is 34.2 Å². The predicted molar refractivity (Wildman–Crippen MR) is 108 cm³/mol. The summed E-state index contributed by atoms with van der Waals surface area (Å²) in [7, 11) is 0. The third kappa shape index (κ3) is 3.24. The van der Waals surface area contributed by atoms with Crippen molar-refractivity contribution in [2.75, 3.05) is 0 Å². The number of halogens is 3. The van der Waals surface area contributed by atoms with Gasteiger partial charge in [0.25, 0.3) is 0 Å². The molecule has 3 nitrogen and oxygen atoms in total. The third-order valence-corrected chi connectivity index (χ3v) is 5.33. The fourth-order valence-electron chi connectivity index (χ4n) is 3.81. The molecule has 2 aromatic heterocycles. The van der Waals surface area contributed by atoms with Gasteiger partial charge in [-0.25, -0.2) is 4.98 Å². The maximum Gasteiger partial charge on any atom is 0.417 e. The SMILES string of the molecule is C=C1C=C(c2ccnc3[nH]c(C4CC4)cc23)C=C(c2ccccc2C(F)(F)F)N1. The molecule has 0 spiro atoms. The monoisotopic (exact) mass is 393 g/mol. The minimum absolute atomic E-state index is 0.102.